The van der Waals surface area contributed by atoms with Gasteiger partial charge in [0, 0.05) is 29.9 Å². The molecule has 0 spiro atoms. The second-order valence-electron chi connectivity index (χ2n) is 7.37. The van der Waals surface area contributed by atoms with Crippen LogP contribution in [0, 0.1) is 0 Å². The molecule has 2 aromatic rings. The molecule has 0 fully saturated rings. The number of anilines is 1. The number of hydrogen-bond donors (Lipinski definition) is 2. The maximum atomic E-state index is 13.1. The van der Waals surface area contributed by atoms with E-state index < -0.39 is 41.4 Å². The Morgan fingerprint density at radius 1 is 0.853 bits per heavy atom. The van der Waals surface area contributed by atoms with Gasteiger partial charge in [0.2, 0.25) is 0 Å². The molecule has 0 aliphatic carbocycles. The molecule has 0 aliphatic rings. The minimum atomic E-state index is -6.04. The van der Waals surface area contributed by atoms with Crippen LogP contribution in [0.4, 0.5) is 45.2 Å². The Kier molecular flexibility index (Phi) is 7.91. The largest absolute Gasteiger partial charge is 0.573 e. The number of nitrogens with zero attached hydrogens (tertiary/aromatic N) is 1. The topological polar surface area (TPSA) is 52.9 Å². The molecule has 2 aromatic carbocycles. The van der Waals surface area contributed by atoms with Crippen molar-refractivity contribution < 1.29 is 54.5 Å². The molecule has 4 nitrogen and oxygen atoms in total. The summed E-state index contributed by atoms with van der Waals surface area (Å²) in [4.78, 5) is 1.44. The molecular formula is C21H20F9NO3. The zero-order valence-corrected chi connectivity index (χ0v) is 17.5. The number of halogens is 9. The minimum absolute atomic E-state index is 0.0241. The number of alkyl halides is 9. The number of unbranched alkanes of at least 4 members (excludes halogenated alkanes) is 1. The van der Waals surface area contributed by atoms with Crippen LogP contribution < -0.4 is 9.64 Å². The summed E-state index contributed by atoms with van der Waals surface area (Å²) in [7, 11) is 0. The number of benzene rings is 2. The monoisotopic (exact) mass is 505 g/mol. The lowest BCUT2D eigenvalue weighted by molar-refractivity contribution is -0.376. The minimum Gasteiger partial charge on any atom is -0.508 e. The van der Waals surface area contributed by atoms with Crippen molar-refractivity contribution in [3.63, 3.8) is 0 Å². The standard InChI is InChI=1S/C21H20F9NO3/c1-2-3-10-31(12-13-11-16(8-9-17(13)32)34-21(28,29)30)15-6-4-14(5-7-15)18(33,19(22,23)24)20(25,26)27/h4-9,11,32-33H,2-3,10,12H2,1H3. The van der Waals surface area contributed by atoms with Gasteiger partial charge in [-0.1, -0.05) is 25.5 Å². The average Bonchev–Trinajstić information content (AvgIpc) is 2.70. The van der Waals surface area contributed by atoms with E-state index in [1.165, 1.54) is 4.90 Å². The summed E-state index contributed by atoms with van der Waals surface area (Å²) >= 11 is 0. The Morgan fingerprint density at radius 2 is 1.41 bits per heavy atom. The predicted octanol–water partition coefficient (Wildman–Crippen LogP) is 6.41. The maximum Gasteiger partial charge on any atom is 0.573 e. The van der Waals surface area contributed by atoms with Crippen LogP contribution in [-0.2, 0) is 12.1 Å². The highest BCUT2D eigenvalue weighted by atomic mass is 19.4. The van der Waals surface area contributed by atoms with Crippen LogP contribution in [0.25, 0.3) is 0 Å². The molecule has 190 valence electrons. The van der Waals surface area contributed by atoms with Gasteiger partial charge in [-0.25, -0.2) is 0 Å². The molecule has 0 saturated heterocycles. The second kappa shape index (κ2) is 9.80. The average molecular weight is 505 g/mol. The van der Waals surface area contributed by atoms with Crippen LogP contribution in [0.3, 0.4) is 0 Å². The Labute approximate surface area is 188 Å². The normalized spacial score (nSPS) is 13.1. The van der Waals surface area contributed by atoms with Gasteiger partial charge < -0.3 is 19.8 Å². The quantitative estimate of drug-likeness (QED) is 0.407. The number of ether oxygens (including phenoxy) is 1. The van der Waals surface area contributed by atoms with Crippen molar-refractivity contribution in [1.82, 2.24) is 0 Å². The highest BCUT2D eigenvalue weighted by molar-refractivity contribution is 5.51. The van der Waals surface area contributed by atoms with Gasteiger partial charge in [-0.05, 0) is 36.8 Å². The number of phenols is 1. The number of hydrogen-bond acceptors (Lipinski definition) is 4. The summed E-state index contributed by atoms with van der Waals surface area (Å²) < 4.78 is 120. The van der Waals surface area contributed by atoms with E-state index in [0.717, 1.165) is 30.3 Å². The highest BCUT2D eigenvalue weighted by Crippen LogP contribution is 2.50. The number of aromatic hydroxyl groups is 1. The smallest absolute Gasteiger partial charge is 0.508 e. The van der Waals surface area contributed by atoms with E-state index in [-0.39, 0.29) is 24.3 Å². The van der Waals surface area contributed by atoms with Crippen molar-refractivity contribution in [2.75, 3.05) is 11.4 Å². The summed E-state index contributed by atoms with van der Waals surface area (Å²) in [5.74, 6) is -1.01. The lowest BCUT2D eigenvalue weighted by atomic mass is 9.92. The number of rotatable bonds is 8. The third kappa shape index (κ3) is 6.19. The van der Waals surface area contributed by atoms with Gasteiger partial charge in [-0.15, -0.1) is 13.2 Å². The predicted molar refractivity (Wildman–Crippen MR) is 103 cm³/mol. The SMILES string of the molecule is CCCCN(Cc1cc(OC(F)(F)F)ccc1O)c1ccc(C(O)(C(F)(F)F)C(F)(F)F)cc1. The van der Waals surface area contributed by atoms with Crippen LogP contribution >= 0.6 is 0 Å². The van der Waals surface area contributed by atoms with Crippen LogP contribution in [-0.4, -0.2) is 35.5 Å². The fourth-order valence-electron chi connectivity index (χ4n) is 3.14. The summed E-state index contributed by atoms with van der Waals surface area (Å²) in [6.07, 6.45) is -15.9. The summed E-state index contributed by atoms with van der Waals surface area (Å²) in [5.41, 5.74) is -6.45. The summed E-state index contributed by atoms with van der Waals surface area (Å²) in [5, 5.41) is 19.6. The molecule has 0 radical (unpaired) electrons. The Bertz CT molecular complexity index is 940. The van der Waals surface area contributed by atoms with E-state index in [4.69, 9.17) is 0 Å². The van der Waals surface area contributed by atoms with E-state index in [9.17, 15) is 49.7 Å². The van der Waals surface area contributed by atoms with Crippen molar-refractivity contribution in [3.05, 3.63) is 53.6 Å². The second-order valence-corrected chi connectivity index (χ2v) is 7.37. The maximum absolute atomic E-state index is 13.1. The number of phenolic OH excluding ortho intramolecular Hbond substituents is 1. The molecule has 2 rings (SSSR count). The van der Waals surface area contributed by atoms with Crippen LogP contribution in [0.2, 0.25) is 0 Å². The Hall–Kier alpha value is -2.83. The first-order valence-electron chi connectivity index (χ1n) is 9.78. The van der Waals surface area contributed by atoms with Crippen LogP contribution in [0.15, 0.2) is 42.5 Å². The molecule has 0 aromatic heterocycles. The molecule has 0 heterocycles. The van der Waals surface area contributed by atoms with Gasteiger partial charge in [0.15, 0.2) is 0 Å². The van der Waals surface area contributed by atoms with Gasteiger partial charge >= 0.3 is 18.7 Å². The van der Waals surface area contributed by atoms with Crippen molar-refractivity contribution in [1.29, 1.82) is 0 Å². The first-order chi connectivity index (χ1) is 15.5. The highest BCUT2D eigenvalue weighted by Gasteiger charge is 2.71. The van der Waals surface area contributed by atoms with Gasteiger partial charge in [-0.2, -0.15) is 26.3 Å². The summed E-state index contributed by atoms with van der Waals surface area (Å²) in [6, 6.07) is 5.54. The molecule has 13 heteroatoms. The first kappa shape index (κ1) is 27.4. The van der Waals surface area contributed by atoms with Gasteiger partial charge in [0.05, 0.1) is 0 Å². The van der Waals surface area contributed by atoms with Crippen molar-refractivity contribution in [2.24, 2.45) is 0 Å². The Balaban J connectivity index is 2.41. The van der Waals surface area contributed by atoms with E-state index in [1.54, 1.807) is 0 Å². The summed E-state index contributed by atoms with van der Waals surface area (Å²) in [6.45, 7) is 1.79. The van der Waals surface area contributed by atoms with Crippen molar-refractivity contribution in [3.8, 4) is 11.5 Å². The van der Waals surface area contributed by atoms with Crippen LogP contribution in [0.1, 0.15) is 30.9 Å². The lowest BCUT2D eigenvalue weighted by Gasteiger charge is -2.33. The third-order valence-corrected chi connectivity index (χ3v) is 4.90. The molecule has 0 atom stereocenters. The zero-order valence-electron chi connectivity index (χ0n) is 17.5. The van der Waals surface area contributed by atoms with E-state index in [1.807, 2.05) is 6.92 Å². The van der Waals surface area contributed by atoms with Crippen LogP contribution in [0.5, 0.6) is 11.5 Å². The molecule has 0 unspecified atom stereocenters. The third-order valence-electron chi connectivity index (χ3n) is 4.90. The molecular weight excluding hydrogens is 485 g/mol. The van der Waals surface area contributed by atoms with Crippen molar-refractivity contribution in [2.45, 2.75) is 50.6 Å². The molecule has 0 amide bonds. The zero-order chi connectivity index (χ0) is 25.9. The number of aliphatic hydroxyl groups is 1. The van der Waals surface area contributed by atoms with Gasteiger partial charge in [-0.3, -0.25) is 0 Å². The Morgan fingerprint density at radius 3 is 1.88 bits per heavy atom. The van der Waals surface area contributed by atoms with Crippen molar-refractivity contribution >= 4 is 5.69 Å². The molecule has 0 aliphatic heterocycles. The van der Waals surface area contributed by atoms with Gasteiger partial charge in [0.1, 0.15) is 11.5 Å². The molecule has 0 saturated carbocycles. The lowest BCUT2D eigenvalue weighted by Crippen LogP contribution is -2.53. The molecule has 0 bridgehead atoms. The van der Waals surface area contributed by atoms with E-state index in [0.29, 0.717) is 25.0 Å². The fourth-order valence-corrected chi connectivity index (χ4v) is 3.14. The van der Waals surface area contributed by atoms with E-state index in [2.05, 4.69) is 4.74 Å². The first-order valence-corrected chi connectivity index (χ1v) is 9.78. The molecule has 2 N–H and O–H groups in total. The van der Waals surface area contributed by atoms with Gasteiger partial charge in [0.25, 0.3) is 5.60 Å². The molecule has 34 heavy (non-hydrogen) atoms. The fraction of sp³-hybridized carbons (Fsp3) is 0.429. The van der Waals surface area contributed by atoms with E-state index >= 15 is 0 Å².